The minimum Gasteiger partial charge on any atom is -0.508 e. The lowest BCUT2D eigenvalue weighted by atomic mass is 10.0. The third kappa shape index (κ3) is 9.38. The molecule has 0 spiro atoms. The molecule has 1 aliphatic rings. The van der Waals surface area contributed by atoms with Gasteiger partial charge in [0.1, 0.15) is 54.8 Å². The molecule has 0 radical (unpaired) electrons. The number of hydrogen-bond acceptors (Lipinski definition) is 19. The maximum Gasteiger partial charge on any atom is 0.355 e. The fourth-order valence-electron chi connectivity index (χ4n) is 7.20. The van der Waals surface area contributed by atoms with Crippen molar-refractivity contribution in [1.82, 2.24) is 40.1 Å². The molecule has 1 aliphatic heterocycles. The Kier molecular flexibility index (Phi) is 12.6. The maximum absolute atomic E-state index is 13.8. The van der Waals surface area contributed by atoms with Crippen LogP contribution in [0.4, 0.5) is 0 Å². The first-order valence-electron chi connectivity index (χ1n) is 19.5. The summed E-state index contributed by atoms with van der Waals surface area (Å²) in [5.41, 5.74) is 13.7. The van der Waals surface area contributed by atoms with E-state index in [2.05, 4.69) is 20.3 Å². The van der Waals surface area contributed by atoms with E-state index < -0.39 is 54.0 Å². The number of aliphatic hydroxyl groups is 1. The number of carboxylic acid groups (broad SMARTS) is 2. The standard InChI is InChI=1S/C41H36N10O10S4/c1-16-9-29(54)51(39(56)21(42)10-18-3-5-19(52)6-4-18)32(16)38-47-25(13-65-38)37-46-24(12-62-37)31-20(7-8-22(44-31)35-48-26(14-63-35)40(57)58)34-50-30(17(2)61-34)33(55)45-23(11-28(43)53)36-49-27(15-64-36)41(59)60/h3-8,12-16,21,23,29,32,52,54H,9-11,42H2,1-2H3,(H2,43,53)(H,45,55)(H,57,58)(H,59,60). The van der Waals surface area contributed by atoms with E-state index in [0.29, 0.717) is 44.1 Å². The highest BCUT2D eigenvalue weighted by Crippen LogP contribution is 2.43. The molecule has 9 N–H and O–H groups in total. The van der Waals surface area contributed by atoms with Crippen LogP contribution >= 0.6 is 45.3 Å². The van der Waals surface area contributed by atoms with Gasteiger partial charge in [-0.2, -0.15) is 0 Å². The van der Waals surface area contributed by atoms with E-state index in [9.17, 15) is 44.4 Å². The number of oxazole rings is 1. The topological polar surface area (TPSA) is 324 Å². The number of phenols is 1. The first-order valence-corrected chi connectivity index (χ1v) is 23.0. The summed E-state index contributed by atoms with van der Waals surface area (Å²) < 4.78 is 6.03. The number of carbonyl (C=O) groups excluding carboxylic acids is 3. The minimum atomic E-state index is -1.28. The summed E-state index contributed by atoms with van der Waals surface area (Å²) in [6.45, 7) is 3.43. The number of likely N-dealkylation sites (tertiary alicyclic amines) is 1. The Morgan fingerprint density at radius 2 is 1.52 bits per heavy atom. The van der Waals surface area contributed by atoms with Crippen LogP contribution in [0, 0.1) is 12.8 Å². The lowest BCUT2D eigenvalue weighted by Crippen LogP contribution is -2.48. The largest absolute Gasteiger partial charge is 0.508 e. The number of benzene rings is 1. The molecule has 6 aromatic heterocycles. The molecule has 334 valence electrons. The van der Waals surface area contributed by atoms with Crippen LogP contribution in [0.25, 0.3) is 44.2 Å². The smallest absolute Gasteiger partial charge is 0.355 e. The normalized spacial score (nSPS) is 16.9. The number of carboxylic acids is 2. The van der Waals surface area contributed by atoms with E-state index in [4.69, 9.17) is 30.8 Å². The van der Waals surface area contributed by atoms with Gasteiger partial charge in [0.05, 0.1) is 35.8 Å². The molecule has 0 saturated carbocycles. The molecule has 3 amide bonds. The average molecular weight is 957 g/mol. The van der Waals surface area contributed by atoms with E-state index in [-0.39, 0.29) is 63.9 Å². The molecule has 8 rings (SSSR count). The zero-order valence-corrected chi connectivity index (χ0v) is 37.2. The van der Waals surface area contributed by atoms with Crippen molar-refractivity contribution in [3.63, 3.8) is 0 Å². The quantitative estimate of drug-likeness (QED) is 0.0701. The van der Waals surface area contributed by atoms with Gasteiger partial charge in [-0.05, 0) is 55.5 Å². The first kappa shape index (κ1) is 44.8. The van der Waals surface area contributed by atoms with Crippen LogP contribution in [0.5, 0.6) is 5.75 Å². The number of rotatable bonds is 15. The monoisotopic (exact) mass is 956 g/mol. The van der Waals surface area contributed by atoms with Gasteiger partial charge in [-0.25, -0.2) is 39.5 Å². The number of hydrogen-bond donors (Lipinski definition) is 7. The molecule has 24 heteroatoms. The van der Waals surface area contributed by atoms with Crippen molar-refractivity contribution in [3.8, 4) is 50.0 Å². The third-order valence-corrected chi connectivity index (χ3v) is 13.9. The molecule has 20 nitrogen and oxygen atoms in total. The summed E-state index contributed by atoms with van der Waals surface area (Å²) in [6.07, 6.45) is -0.953. The van der Waals surface area contributed by atoms with E-state index in [0.717, 1.165) is 28.2 Å². The van der Waals surface area contributed by atoms with Gasteiger partial charge in [0.15, 0.2) is 17.1 Å². The lowest BCUT2D eigenvalue weighted by molar-refractivity contribution is -0.142. The zero-order valence-electron chi connectivity index (χ0n) is 33.9. The average Bonchev–Trinajstić information content (AvgIpc) is 4.13. The Bertz CT molecular complexity index is 2960. The van der Waals surface area contributed by atoms with Crippen LogP contribution < -0.4 is 16.8 Å². The number of nitrogens with two attached hydrogens (primary N) is 2. The molecule has 7 aromatic rings. The molecule has 5 unspecified atom stereocenters. The summed E-state index contributed by atoms with van der Waals surface area (Å²) in [5, 5.41) is 50.0. The van der Waals surface area contributed by atoms with Gasteiger partial charge in [-0.1, -0.05) is 19.1 Å². The summed E-state index contributed by atoms with van der Waals surface area (Å²) >= 11 is 4.56. The number of thiazole rings is 4. The van der Waals surface area contributed by atoms with Gasteiger partial charge in [-0.15, -0.1) is 45.3 Å². The van der Waals surface area contributed by atoms with Crippen LogP contribution in [0.1, 0.15) is 84.7 Å². The second kappa shape index (κ2) is 18.3. The number of aromatic hydroxyl groups is 1. The highest BCUT2D eigenvalue weighted by molar-refractivity contribution is 7.14. The summed E-state index contributed by atoms with van der Waals surface area (Å²) in [7, 11) is 0. The van der Waals surface area contributed by atoms with E-state index >= 15 is 0 Å². The van der Waals surface area contributed by atoms with Crippen molar-refractivity contribution in [2.24, 2.45) is 17.4 Å². The number of aromatic nitrogens is 6. The number of aromatic carboxylic acids is 2. The second-order valence-corrected chi connectivity index (χ2v) is 18.4. The van der Waals surface area contributed by atoms with Crippen molar-refractivity contribution in [2.45, 2.75) is 57.5 Å². The number of aryl methyl sites for hydroxylation is 1. The molecule has 1 fully saturated rings. The molecular weight excluding hydrogens is 921 g/mol. The molecule has 5 atom stereocenters. The highest BCUT2D eigenvalue weighted by atomic mass is 32.1. The van der Waals surface area contributed by atoms with E-state index in [1.54, 1.807) is 35.0 Å². The van der Waals surface area contributed by atoms with Crippen LogP contribution in [0.15, 0.2) is 62.3 Å². The van der Waals surface area contributed by atoms with E-state index in [1.165, 1.54) is 57.4 Å². The Morgan fingerprint density at radius 3 is 2.22 bits per heavy atom. The van der Waals surface area contributed by atoms with Crippen molar-refractivity contribution in [1.29, 1.82) is 0 Å². The Hall–Kier alpha value is -6.83. The van der Waals surface area contributed by atoms with Crippen molar-refractivity contribution in [2.75, 3.05) is 0 Å². The summed E-state index contributed by atoms with van der Waals surface area (Å²) in [4.78, 5) is 91.2. The fraction of sp³-hybridized carbons (Fsp3) is 0.244. The van der Waals surface area contributed by atoms with Crippen molar-refractivity contribution < 1.29 is 48.8 Å². The van der Waals surface area contributed by atoms with Crippen LogP contribution in [0.2, 0.25) is 0 Å². The van der Waals surface area contributed by atoms with Gasteiger partial charge in [0.2, 0.25) is 17.7 Å². The third-order valence-electron chi connectivity index (χ3n) is 10.3. The lowest BCUT2D eigenvalue weighted by Gasteiger charge is -2.30. The number of primary amides is 1. The van der Waals surface area contributed by atoms with E-state index in [1.807, 2.05) is 6.92 Å². The number of amides is 3. The van der Waals surface area contributed by atoms with Crippen LogP contribution in [-0.2, 0) is 16.0 Å². The predicted molar refractivity (Wildman–Crippen MR) is 237 cm³/mol. The van der Waals surface area contributed by atoms with Gasteiger partial charge >= 0.3 is 11.9 Å². The van der Waals surface area contributed by atoms with Gasteiger partial charge in [0, 0.05) is 21.5 Å². The SMILES string of the molecule is Cc1oc(-c2ccc(-c3nc(C(=O)O)cs3)nc2-c2csc(-c3csc(C4C(C)CC(O)N4C(=O)C(N)Cc4ccc(O)cc4)n3)n2)nc1C(=O)NC(CC(N)=O)c1nc(C(=O)O)cs1. The number of nitrogens with one attached hydrogen (secondary N) is 1. The number of aliphatic hydroxyl groups excluding tert-OH is 1. The summed E-state index contributed by atoms with van der Waals surface area (Å²) in [6, 6.07) is 7.00. The summed E-state index contributed by atoms with van der Waals surface area (Å²) in [5.74, 6) is -4.48. The minimum absolute atomic E-state index is 0.0337. The molecule has 0 aliphatic carbocycles. The van der Waals surface area contributed by atoms with Crippen LogP contribution in [-0.4, -0.2) is 97.2 Å². The molecule has 1 aromatic carbocycles. The van der Waals surface area contributed by atoms with Gasteiger partial charge < -0.3 is 46.5 Å². The molecule has 7 heterocycles. The van der Waals surface area contributed by atoms with Crippen LogP contribution in [0.3, 0.4) is 0 Å². The number of carbonyl (C=O) groups is 5. The molecule has 1 saturated heterocycles. The highest BCUT2D eigenvalue weighted by Gasteiger charge is 2.44. The zero-order chi connectivity index (χ0) is 46.3. The Morgan fingerprint density at radius 1 is 0.846 bits per heavy atom. The molecule has 0 bridgehead atoms. The maximum atomic E-state index is 13.8. The predicted octanol–water partition coefficient (Wildman–Crippen LogP) is 5.12. The Labute approximate surface area is 383 Å². The number of phenolic OH excluding ortho intramolecular Hbond substituents is 1. The number of pyridine rings is 1. The second-order valence-electron chi connectivity index (χ2n) is 14.9. The van der Waals surface area contributed by atoms with Crippen molar-refractivity contribution in [3.05, 3.63) is 96.3 Å². The Balaban J connectivity index is 1.10. The van der Waals surface area contributed by atoms with Gasteiger partial charge in [-0.3, -0.25) is 14.4 Å². The fourth-order valence-corrected chi connectivity index (χ4v) is 10.7. The molecular formula is C41H36N10O10S4. The van der Waals surface area contributed by atoms with Gasteiger partial charge in [0.25, 0.3) is 5.91 Å². The first-order chi connectivity index (χ1) is 31.0. The van der Waals surface area contributed by atoms with Crippen molar-refractivity contribution >= 4 is 75.0 Å². The number of nitrogens with zero attached hydrogens (tertiary/aromatic N) is 7. The molecule has 65 heavy (non-hydrogen) atoms.